The Hall–Kier alpha value is -2.32. The van der Waals surface area contributed by atoms with Gasteiger partial charge < -0.3 is 14.6 Å². The third kappa shape index (κ3) is 4.01. The van der Waals surface area contributed by atoms with E-state index in [0.29, 0.717) is 18.9 Å². The number of aromatic nitrogens is 3. The van der Waals surface area contributed by atoms with Gasteiger partial charge in [-0.15, -0.1) is 10.2 Å². The van der Waals surface area contributed by atoms with E-state index < -0.39 is 6.04 Å². The van der Waals surface area contributed by atoms with Crippen LogP contribution in [0.3, 0.4) is 0 Å². The Kier molecular flexibility index (Phi) is 5.86. The van der Waals surface area contributed by atoms with Gasteiger partial charge in [-0.3, -0.25) is 9.69 Å². The number of aliphatic hydroxyl groups is 1. The summed E-state index contributed by atoms with van der Waals surface area (Å²) >= 11 is 0. The van der Waals surface area contributed by atoms with Crippen LogP contribution >= 0.6 is 0 Å². The van der Waals surface area contributed by atoms with Gasteiger partial charge in [0, 0.05) is 26.1 Å². The van der Waals surface area contributed by atoms with Gasteiger partial charge in [-0.25, -0.2) is 4.39 Å². The van der Waals surface area contributed by atoms with Gasteiger partial charge in [0.15, 0.2) is 5.82 Å². The van der Waals surface area contributed by atoms with Crippen molar-refractivity contribution in [2.45, 2.75) is 31.4 Å². The highest BCUT2D eigenvalue weighted by molar-refractivity contribution is 5.83. The summed E-state index contributed by atoms with van der Waals surface area (Å²) in [6, 6.07) is 5.68. The summed E-state index contributed by atoms with van der Waals surface area (Å²) in [7, 11) is 5.57. The number of rotatable bonds is 5. The van der Waals surface area contributed by atoms with Crippen LogP contribution in [0, 0.1) is 5.82 Å². The number of benzene rings is 1. The van der Waals surface area contributed by atoms with E-state index in [9.17, 15) is 14.3 Å². The molecule has 1 aromatic heterocycles. The van der Waals surface area contributed by atoms with Crippen LogP contribution in [0.15, 0.2) is 24.3 Å². The summed E-state index contributed by atoms with van der Waals surface area (Å²) in [6.45, 7) is 1.13. The van der Waals surface area contributed by atoms with E-state index in [1.807, 2.05) is 35.5 Å². The first-order chi connectivity index (χ1) is 12.9. The van der Waals surface area contributed by atoms with Crippen LogP contribution in [0.1, 0.15) is 42.0 Å². The second-order valence-electron chi connectivity index (χ2n) is 7.21. The van der Waals surface area contributed by atoms with E-state index in [1.54, 1.807) is 12.1 Å². The minimum absolute atomic E-state index is 0.0269. The lowest BCUT2D eigenvalue weighted by atomic mass is 9.94. The summed E-state index contributed by atoms with van der Waals surface area (Å²) in [4.78, 5) is 16.8. The van der Waals surface area contributed by atoms with Gasteiger partial charge in [-0.05, 0) is 44.6 Å². The number of halogens is 1. The summed E-state index contributed by atoms with van der Waals surface area (Å²) < 4.78 is 15.1. The summed E-state index contributed by atoms with van der Waals surface area (Å²) in [5, 5.41) is 17.5. The van der Waals surface area contributed by atoms with Crippen molar-refractivity contribution in [3.63, 3.8) is 0 Å². The molecule has 1 aliphatic heterocycles. The molecule has 0 radical (unpaired) electrons. The summed E-state index contributed by atoms with van der Waals surface area (Å²) in [6.07, 6.45) is 1.60. The standard InChI is InChI=1S/C19H26FN5O2/c1-23(2)17(13-4-6-15(20)7-5-13)19(27)25-10-8-14(9-11-25)18-22-21-16(12-26)24(18)3/h4-7,14,17,26H,8-12H2,1-3H3. The number of amides is 1. The highest BCUT2D eigenvalue weighted by atomic mass is 19.1. The zero-order valence-corrected chi connectivity index (χ0v) is 16.0. The number of likely N-dealkylation sites (tertiary alicyclic amines) is 1. The number of aliphatic hydroxyl groups excluding tert-OH is 1. The van der Waals surface area contributed by atoms with E-state index in [2.05, 4.69) is 10.2 Å². The maximum atomic E-state index is 13.2. The van der Waals surface area contributed by atoms with Crippen LogP contribution in [-0.4, -0.2) is 62.8 Å². The molecule has 7 nitrogen and oxygen atoms in total. The second-order valence-corrected chi connectivity index (χ2v) is 7.21. The van der Waals surface area contributed by atoms with Gasteiger partial charge in [0.2, 0.25) is 5.91 Å². The molecule has 2 heterocycles. The molecule has 1 saturated heterocycles. The average Bonchev–Trinajstić information content (AvgIpc) is 3.04. The molecular weight excluding hydrogens is 349 g/mol. The molecule has 0 spiro atoms. The molecule has 1 atom stereocenters. The van der Waals surface area contributed by atoms with Crippen molar-refractivity contribution in [3.05, 3.63) is 47.3 Å². The molecule has 1 fully saturated rings. The fourth-order valence-corrected chi connectivity index (χ4v) is 3.71. The first-order valence-corrected chi connectivity index (χ1v) is 9.12. The van der Waals surface area contributed by atoms with Crippen LogP contribution in [0.2, 0.25) is 0 Å². The third-order valence-corrected chi connectivity index (χ3v) is 5.25. The number of piperidine rings is 1. The lowest BCUT2D eigenvalue weighted by Gasteiger charge is -2.35. The van der Waals surface area contributed by atoms with Crippen molar-refractivity contribution >= 4 is 5.91 Å². The number of nitrogens with zero attached hydrogens (tertiary/aromatic N) is 5. The zero-order chi connectivity index (χ0) is 19.6. The summed E-state index contributed by atoms with van der Waals surface area (Å²) in [5.41, 5.74) is 0.786. The lowest BCUT2D eigenvalue weighted by Crippen LogP contribution is -2.44. The maximum absolute atomic E-state index is 13.2. The first-order valence-electron chi connectivity index (χ1n) is 9.12. The third-order valence-electron chi connectivity index (χ3n) is 5.25. The van der Waals surface area contributed by atoms with Crippen LogP contribution in [0.4, 0.5) is 4.39 Å². The van der Waals surface area contributed by atoms with Crippen LogP contribution in [0.25, 0.3) is 0 Å². The van der Waals surface area contributed by atoms with Gasteiger partial charge in [0.1, 0.15) is 24.3 Å². The fraction of sp³-hybridized carbons (Fsp3) is 0.526. The van der Waals surface area contributed by atoms with E-state index >= 15 is 0 Å². The monoisotopic (exact) mass is 375 g/mol. The SMILES string of the molecule is CN(C)C(C(=O)N1CCC(c2nnc(CO)n2C)CC1)c1ccc(F)cc1. The van der Waals surface area contributed by atoms with Gasteiger partial charge >= 0.3 is 0 Å². The largest absolute Gasteiger partial charge is 0.388 e. The number of carbonyl (C=O) groups is 1. The molecule has 3 rings (SSSR count). The Morgan fingerprint density at radius 1 is 1.26 bits per heavy atom. The minimum atomic E-state index is -0.432. The van der Waals surface area contributed by atoms with Crippen LogP contribution in [-0.2, 0) is 18.4 Å². The predicted molar refractivity (Wildman–Crippen MR) is 98.3 cm³/mol. The molecule has 2 aromatic rings. The van der Waals surface area contributed by atoms with Gasteiger partial charge in [-0.1, -0.05) is 12.1 Å². The molecule has 0 bridgehead atoms. The van der Waals surface area contributed by atoms with Crippen molar-refractivity contribution in [3.8, 4) is 0 Å². The summed E-state index contributed by atoms with van der Waals surface area (Å²) in [5.74, 6) is 1.34. The smallest absolute Gasteiger partial charge is 0.244 e. The van der Waals surface area contributed by atoms with E-state index in [-0.39, 0.29) is 24.2 Å². The number of hydrogen-bond donors (Lipinski definition) is 1. The predicted octanol–water partition coefficient (Wildman–Crippen LogP) is 1.46. The molecule has 1 N–H and O–H groups in total. The van der Waals surface area contributed by atoms with Crippen molar-refractivity contribution in [1.82, 2.24) is 24.6 Å². The van der Waals surface area contributed by atoms with Crippen LogP contribution in [0.5, 0.6) is 0 Å². The highest BCUT2D eigenvalue weighted by Gasteiger charge is 2.32. The molecule has 1 unspecified atom stereocenters. The van der Waals surface area contributed by atoms with Gasteiger partial charge in [-0.2, -0.15) is 0 Å². The van der Waals surface area contributed by atoms with Gasteiger partial charge in [0.25, 0.3) is 0 Å². The van der Waals surface area contributed by atoms with E-state index in [0.717, 1.165) is 24.2 Å². The molecule has 0 aliphatic carbocycles. The molecule has 1 aliphatic rings. The number of likely N-dealkylation sites (N-methyl/N-ethyl adjacent to an activating group) is 1. The average molecular weight is 375 g/mol. The number of hydrogen-bond acceptors (Lipinski definition) is 5. The molecule has 146 valence electrons. The Bertz CT molecular complexity index is 782. The van der Waals surface area contributed by atoms with Crippen LogP contribution < -0.4 is 0 Å². The molecule has 8 heteroatoms. The Morgan fingerprint density at radius 2 is 1.89 bits per heavy atom. The quantitative estimate of drug-likeness (QED) is 0.856. The van der Waals surface area contributed by atoms with E-state index in [1.165, 1.54) is 12.1 Å². The molecule has 1 aromatic carbocycles. The van der Waals surface area contributed by atoms with Crippen molar-refractivity contribution in [2.24, 2.45) is 7.05 Å². The molecule has 0 saturated carbocycles. The van der Waals surface area contributed by atoms with Crippen molar-refractivity contribution in [2.75, 3.05) is 27.2 Å². The highest BCUT2D eigenvalue weighted by Crippen LogP contribution is 2.29. The molecule has 1 amide bonds. The van der Waals surface area contributed by atoms with Gasteiger partial charge in [0.05, 0.1) is 0 Å². The second kappa shape index (κ2) is 8.14. The first kappa shape index (κ1) is 19.4. The molecule has 27 heavy (non-hydrogen) atoms. The van der Waals surface area contributed by atoms with E-state index in [4.69, 9.17) is 0 Å². The van der Waals surface area contributed by atoms with Crippen molar-refractivity contribution < 1.29 is 14.3 Å². The normalized spacial score (nSPS) is 16.7. The Balaban J connectivity index is 1.69. The Morgan fingerprint density at radius 3 is 2.41 bits per heavy atom. The number of carbonyl (C=O) groups excluding carboxylic acids is 1. The maximum Gasteiger partial charge on any atom is 0.244 e. The zero-order valence-electron chi connectivity index (χ0n) is 16.0. The fourth-order valence-electron chi connectivity index (χ4n) is 3.71. The molecular formula is C19H26FN5O2. The minimum Gasteiger partial charge on any atom is -0.388 e. The Labute approximate surface area is 158 Å². The topological polar surface area (TPSA) is 74.5 Å². The van der Waals surface area contributed by atoms with Crippen molar-refractivity contribution in [1.29, 1.82) is 0 Å². The lowest BCUT2D eigenvalue weighted by molar-refractivity contribution is -0.137.